The Bertz CT molecular complexity index is 502. The second kappa shape index (κ2) is 4.74. The lowest BCUT2D eigenvalue weighted by atomic mass is 10.3. The predicted molar refractivity (Wildman–Crippen MR) is 64.6 cm³/mol. The Morgan fingerprint density at radius 2 is 2.25 bits per heavy atom. The SMILES string of the molecule is NCc1nnc(Nc2ccc(F)cc2I)o1. The number of hydrogen-bond donors (Lipinski definition) is 2. The monoisotopic (exact) mass is 334 g/mol. The van der Waals surface area contributed by atoms with Gasteiger partial charge in [-0.3, -0.25) is 0 Å². The summed E-state index contributed by atoms with van der Waals surface area (Å²) in [5.74, 6) is 0.0581. The van der Waals surface area contributed by atoms with Crippen LogP contribution in [0.5, 0.6) is 0 Å². The second-order valence-electron chi connectivity index (χ2n) is 2.95. The van der Waals surface area contributed by atoms with Crippen LogP contribution in [0.2, 0.25) is 0 Å². The molecule has 0 atom stereocenters. The Kier molecular flexibility index (Phi) is 3.34. The third-order valence-corrected chi connectivity index (χ3v) is 2.71. The van der Waals surface area contributed by atoms with Crippen LogP contribution in [0.15, 0.2) is 22.6 Å². The van der Waals surface area contributed by atoms with Crippen molar-refractivity contribution in [2.45, 2.75) is 6.54 Å². The average molecular weight is 334 g/mol. The molecule has 84 valence electrons. The summed E-state index contributed by atoms with van der Waals surface area (Å²) in [6.45, 7) is 0.190. The van der Waals surface area contributed by atoms with Crippen molar-refractivity contribution in [1.82, 2.24) is 10.2 Å². The summed E-state index contributed by atoms with van der Waals surface area (Å²) in [6, 6.07) is 4.60. The first-order valence-electron chi connectivity index (χ1n) is 4.43. The van der Waals surface area contributed by atoms with Crippen LogP contribution < -0.4 is 11.1 Å². The molecule has 0 fully saturated rings. The van der Waals surface area contributed by atoms with Gasteiger partial charge < -0.3 is 15.5 Å². The van der Waals surface area contributed by atoms with Gasteiger partial charge >= 0.3 is 6.01 Å². The molecule has 1 aromatic carbocycles. The Balaban J connectivity index is 2.20. The fourth-order valence-corrected chi connectivity index (χ4v) is 1.70. The molecule has 0 radical (unpaired) electrons. The highest BCUT2D eigenvalue weighted by Crippen LogP contribution is 2.22. The molecular formula is C9H8FIN4O. The van der Waals surface area contributed by atoms with E-state index in [1.807, 2.05) is 22.6 Å². The van der Waals surface area contributed by atoms with Gasteiger partial charge in [0, 0.05) is 3.57 Å². The third kappa shape index (κ3) is 2.47. The maximum absolute atomic E-state index is 12.8. The molecule has 0 saturated heterocycles. The van der Waals surface area contributed by atoms with Crippen LogP contribution in [0.3, 0.4) is 0 Å². The van der Waals surface area contributed by atoms with Crippen molar-refractivity contribution in [2.75, 3.05) is 5.32 Å². The number of aromatic nitrogens is 2. The molecule has 0 spiro atoms. The summed E-state index contributed by atoms with van der Waals surface area (Å²) in [5.41, 5.74) is 6.03. The zero-order valence-corrected chi connectivity index (χ0v) is 10.2. The molecule has 0 amide bonds. The highest BCUT2D eigenvalue weighted by Gasteiger charge is 2.07. The number of halogens is 2. The molecule has 5 nitrogen and oxygen atoms in total. The van der Waals surface area contributed by atoms with Gasteiger partial charge in [0.05, 0.1) is 12.2 Å². The molecule has 7 heteroatoms. The molecule has 0 aliphatic rings. The fourth-order valence-electron chi connectivity index (χ4n) is 1.09. The Morgan fingerprint density at radius 3 is 2.88 bits per heavy atom. The maximum Gasteiger partial charge on any atom is 0.320 e. The average Bonchev–Trinajstić information content (AvgIpc) is 2.70. The minimum atomic E-state index is -0.289. The number of rotatable bonds is 3. The zero-order valence-electron chi connectivity index (χ0n) is 8.08. The molecule has 3 N–H and O–H groups in total. The van der Waals surface area contributed by atoms with Gasteiger partial charge in [-0.15, -0.1) is 5.10 Å². The van der Waals surface area contributed by atoms with Crippen molar-refractivity contribution in [3.05, 3.63) is 33.5 Å². The van der Waals surface area contributed by atoms with Crippen molar-refractivity contribution < 1.29 is 8.81 Å². The van der Waals surface area contributed by atoms with Crippen LogP contribution in [0.1, 0.15) is 5.89 Å². The number of hydrogen-bond acceptors (Lipinski definition) is 5. The van der Waals surface area contributed by atoms with Gasteiger partial charge in [-0.2, -0.15) is 0 Å². The molecule has 0 unspecified atom stereocenters. The standard InChI is InChI=1S/C9H8FIN4O/c10-5-1-2-7(6(11)3-5)13-9-15-14-8(4-12)16-9/h1-3H,4,12H2,(H,13,15). The second-order valence-corrected chi connectivity index (χ2v) is 4.12. The number of nitrogens with one attached hydrogen (secondary N) is 1. The molecule has 0 saturated carbocycles. The van der Waals surface area contributed by atoms with E-state index >= 15 is 0 Å². The molecule has 1 heterocycles. The molecule has 2 rings (SSSR count). The summed E-state index contributed by atoms with van der Waals surface area (Å²) >= 11 is 2.01. The van der Waals surface area contributed by atoms with Crippen LogP contribution in [0.25, 0.3) is 0 Å². The largest absolute Gasteiger partial charge is 0.406 e. The summed E-state index contributed by atoms with van der Waals surface area (Å²) in [6.07, 6.45) is 0. The first kappa shape index (κ1) is 11.3. The first-order valence-corrected chi connectivity index (χ1v) is 5.51. The van der Waals surface area contributed by atoms with E-state index in [-0.39, 0.29) is 18.4 Å². The van der Waals surface area contributed by atoms with Gasteiger partial charge in [-0.05, 0) is 40.8 Å². The van der Waals surface area contributed by atoms with Crippen LogP contribution in [0, 0.1) is 9.39 Å². The Labute approximate surface area is 104 Å². The minimum Gasteiger partial charge on any atom is -0.406 e. The predicted octanol–water partition coefficient (Wildman–Crippen LogP) is 2.02. The smallest absolute Gasteiger partial charge is 0.320 e. The Hall–Kier alpha value is -1.22. The maximum atomic E-state index is 12.8. The van der Waals surface area contributed by atoms with Crippen LogP contribution in [-0.2, 0) is 6.54 Å². The quantitative estimate of drug-likeness (QED) is 0.840. The van der Waals surface area contributed by atoms with E-state index < -0.39 is 0 Å². The molecule has 2 aromatic rings. The van der Waals surface area contributed by atoms with E-state index in [9.17, 15) is 4.39 Å². The lowest BCUT2D eigenvalue weighted by Gasteiger charge is -2.03. The Morgan fingerprint density at radius 1 is 1.44 bits per heavy atom. The van der Waals surface area contributed by atoms with Crippen molar-refractivity contribution in [1.29, 1.82) is 0 Å². The van der Waals surface area contributed by atoms with Crippen LogP contribution in [0.4, 0.5) is 16.1 Å². The van der Waals surface area contributed by atoms with Crippen molar-refractivity contribution in [3.63, 3.8) is 0 Å². The van der Waals surface area contributed by atoms with Crippen molar-refractivity contribution in [3.8, 4) is 0 Å². The highest BCUT2D eigenvalue weighted by atomic mass is 127. The first-order chi connectivity index (χ1) is 7.69. The summed E-state index contributed by atoms with van der Waals surface area (Å²) in [4.78, 5) is 0. The van der Waals surface area contributed by atoms with Gasteiger partial charge in [0.1, 0.15) is 5.82 Å². The minimum absolute atomic E-state index is 0.190. The van der Waals surface area contributed by atoms with E-state index in [2.05, 4.69) is 15.5 Å². The summed E-state index contributed by atoms with van der Waals surface area (Å²) in [7, 11) is 0. The van der Waals surface area contributed by atoms with Crippen LogP contribution >= 0.6 is 22.6 Å². The molecular weight excluding hydrogens is 326 g/mol. The number of nitrogens with two attached hydrogens (primary N) is 1. The zero-order chi connectivity index (χ0) is 11.5. The topological polar surface area (TPSA) is 77.0 Å². The fraction of sp³-hybridized carbons (Fsp3) is 0.111. The lowest BCUT2D eigenvalue weighted by Crippen LogP contribution is -1.95. The molecule has 0 bridgehead atoms. The number of nitrogens with zero attached hydrogens (tertiary/aromatic N) is 2. The summed E-state index contributed by atoms with van der Waals surface area (Å²) < 4.78 is 18.7. The van der Waals surface area contributed by atoms with E-state index in [4.69, 9.17) is 10.2 Å². The van der Waals surface area contributed by atoms with Gasteiger partial charge in [0.2, 0.25) is 5.89 Å². The lowest BCUT2D eigenvalue weighted by molar-refractivity contribution is 0.511. The van der Waals surface area contributed by atoms with E-state index in [1.165, 1.54) is 12.1 Å². The number of benzene rings is 1. The van der Waals surface area contributed by atoms with Crippen molar-refractivity contribution >= 4 is 34.3 Å². The van der Waals surface area contributed by atoms with Gasteiger partial charge in [-0.1, -0.05) is 5.10 Å². The molecule has 0 aliphatic carbocycles. The van der Waals surface area contributed by atoms with Crippen LogP contribution in [-0.4, -0.2) is 10.2 Å². The molecule has 0 aliphatic heterocycles. The number of anilines is 2. The van der Waals surface area contributed by atoms with E-state index in [1.54, 1.807) is 6.07 Å². The molecule has 1 aromatic heterocycles. The highest BCUT2D eigenvalue weighted by molar-refractivity contribution is 14.1. The molecule has 16 heavy (non-hydrogen) atoms. The van der Waals surface area contributed by atoms with E-state index in [0.29, 0.717) is 11.6 Å². The van der Waals surface area contributed by atoms with Gasteiger partial charge in [0.15, 0.2) is 0 Å². The van der Waals surface area contributed by atoms with Crippen molar-refractivity contribution in [2.24, 2.45) is 5.73 Å². The summed E-state index contributed by atoms with van der Waals surface area (Å²) in [5, 5.41) is 10.3. The normalized spacial score (nSPS) is 10.4. The van der Waals surface area contributed by atoms with Gasteiger partial charge in [0.25, 0.3) is 0 Å². The van der Waals surface area contributed by atoms with E-state index in [0.717, 1.165) is 3.57 Å². The third-order valence-electron chi connectivity index (χ3n) is 1.81. The van der Waals surface area contributed by atoms with Gasteiger partial charge in [-0.25, -0.2) is 4.39 Å².